The minimum Gasteiger partial charge on any atom is -0.481 e. The highest BCUT2D eigenvalue weighted by Crippen LogP contribution is 2.25. The van der Waals surface area contributed by atoms with Gasteiger partial charge in [0, 0.05) is 52.9 Å². The van der Waals surface area contributed by atoms with Crippen molar-refractivity contribution >= 4 is 52.7 Å². The summed E-state index contributed by atoms with van der Waals surface area (Å²) < 4.78 is 0. The Morgan fingerprint density at radius 3 is 1.81 bits per heavy atom. The van der Waals surface area contributed by atoms with Crippen molar-refractivity contribution in [2.24, 2.45) is 33.3 Å². The van der Waals surface area contributed by atoms with Crippen LogP contribution in [-0.2, 0) is 9.59 Å². The number of aliphatic carboxylic acids is 1. The van der Waals surface area contributed by atoms with E-state index in [-0.39, 0.29) is 17.7 Å². The molecule has 0 radical (unpaired) electrons. The molecule has 1 rings (SSSR count). The molecule has 0 aliphatic rings. The van der Waals surface area contributed by atoms with Gasteiger partial charge in [0.25, 0.3) is 0 Å². The van der Waals surface area contributed by atoms with Gasteiger partial charge in [-0.1, -0.05) is 37.0 Å². The van der Waals surface area contributed by atoms with Gasteiger partial charge >= 0.3 is 5.97 Å². The van der Waals surface area contributed by atoms with Gasteiger partial charge < -0.3 is 31.7 Å². The van der Waals surface area contributed by atoms with Crippen molar-refractivity contribution < 1.29 is 14.7 Å². The Balaban J connectivity index is 0.000000757. The van der Waals surface area contributed by atoms with Gasteiger partial charge in [-0.25, -0.2) is 0 Å². The molecule has 10 nitrogen and oxygen atoms in total. The summed E-state index contributed by atoms with van der Waals surface area (Å²) in [5, 5.41) is 12.3. The third-order valence-corrected chi connectivity index (χ3v) is 5.85. The number of nitrogens with two attached hydrogens (primary N) is 2. The van der Waals surface area contributed by atoms with Crippen LogP contribution in [0.3, 0.4) is 0 Å². The summed E-state index contributed by atoms with van der Waals surface area (Å²) in [6.45, 7) is 4.77. The van der Waals surface area contributed by atoms with Gasteiger partial charge in [-0.15, -0.1) is 0 Å². The number of carboxylic acids is 1. The Morgan fingerprint density at radius 1 is 0.917 bits per heavy atom. The molecule has 2 atom stereocenters. The number of carboxylic acid groups (broad SMARTS) is 1. The number of carbonyl (C=O) groups is 2. The fourth-order valence-corrected chi connectivity index (χ4v) is 2.86. The van der Waals surface area contributed by atoms with Crippen molar-refractivity contribution in [1.29, 1.82) is 0 Å². The van der Waals surface area contributed by atoms with Gasteiger partial charge in [-0.05, 0) is 43.9 Å². The molecule has 12 heteroatoms. The molecule has 0 saturated carbocycles. The molecule has 0 saturated heterocycles. The largest absolute Gasteiger partial charge is 0.481 e. The van der Waals surface area contributed by atoms with Crippen LogP contribution in [0.15, 0.2) is 28.2 Å². The number of anilines is 1. The molecule has 0 aliphatic heterocycles. The van der Waals surface area contributed by atoms with Gasteiger partial charge in [0.2, 0.25) is 5.91 Å². The summed E-state index contributed by atoms with van der Waals surface area (Å²) in [6.07, 6.45) is 2.92. The zero-order valence-corrected chi connectivity index (χ0v) is 23.6. The first-order valence-electron chi connectivity index (χ1n) is 11.7. The van der Waals surface area contributed by atoms with Gasteiger partial charge in [-0.2, -0.15) is 0 Å². The average molecular weight is 547 g/mol. The van der Waals surface area contributed by atoms with E-state index in [1.807, 2.05) is 35.1 Å². The molecule has 36 heavy (non-hydrogen) atoms. The summed E-state index contributed by atoms with van der Waals surface area (Å²) in [7, 11) is 7.32. The minimum absolute atomic E-state index is 0.0528. The van der Waals surface area contributed by atoms with E-state index < -0.39 is 5.97 Å². The number of amides is 1. The molecule has 6 N–H and O–H groups in total. The lowest BCUT2D eigenvalue weighted by Crippen LogP contribution is -2.30. The lowest BCUT2D eigenvalue weighted by atomic mass is 10.0. The molecule has 204 valence electrons. The smallest absolute Gasteiger partial charge is 0.306 e. The quantitative estimate of drug-likeness (QED) is 0.188. The van der Waals surface area contributed by atoms with Crippen LogP contribution in [0.5, 0.6) is 0 Å². The fraction of sp³-hybridized carbons (Fsp3) is 0.583. The number of benzene rings is 1. The number of carbonyl (C=O) groups excluding carboxylic acids is 1. The Kier molecular flexibility index (Phi) is 16.3. The number of nitrogens with zero attached hydrogens (tertiary/aromatic N) is 4. The molecular formula is C24H41Cl2N7O3. The Morgan fingerprint density at radius 2 is 1.39 bits per heavy atom. The summed E-state index contributed by atoms with van der Waals surface area (Å²) in [5.74, 6) is -0.255. The molecule has 0 fully saturated rings. The van der Waals surface area contributed by atoms with Crippen LogP contribution in [0, 0.1) is 11.8 Å². The maximum absolute atomic E-state index is 12.1. The van der Waals surface area contributed by atoms with E-state index >= 15 is 0 Å². The number of nitrogens with one attached hydrogen (secondary N) is 1. The van der Waals surface area contributed by atoms with E-state index in [0.717, 1.165) is 19.3 Å². The number of aliphatic imine (C=N–C) groups is 2. The van der Waals surface area contributed by atoms with E-state index in [1.165, 1.54) is 0 Å². The van der Waals surface area contributed by atoms with E-state index in [1.54, 1.807) is 34.9 Å². The van der Waals surface area contributed by atoms with E-state index in [2.05, 4.69) is 15.3 Å². The number of hydrogen-bond acceptors (Lipinski definition) is 4. The molecule has 0 heterocycles. The maximum Gasteiger partial charge on any atom is 0.306 e. The summed E-state index contributed by atoms with van der Waals surface area (Å²) in [6, 6.07) is 5.01. The van der Waals surface area contributed by atoms with Crippen molar-refractivity contribution in [2.75, 3.05) is 46.6 Å². The second-order valence-corrected chi connectivity index (χ2v) is 9.63. The predicted octanol–water partition coefficient (Wildman–Crippen LogP) is 3.59. The van der Waals surface area contributed by atoms with Crippen LogP contribution < -0.4 is 16.8 Å². The van der Waals surface area contributed by atoms with Crippen LogP contribution in [0.4, 0.5) is 5.69 Å². The molecule has 1 aromatic carbocycles. The van der Waals surface area contributed by atoms with Crippen molar-refractivity contribution in [3.8, 4) is 0 Å². The summed E-state index contributed by atoms with van der Waals surface area (Å²) >= 11 is 11.8. The van der Waals surface area contributed by atoms with E-state index in [9.17, 15) is 9.59 Å². The first-order chi connectivity index (χ1) is 16.8. The zero-order valence-electron chi connectivity index (χ0n) is 22.1. The highest BCUT2D eigenvalue weighted by Gasteiger charge is 2.13. The van der Waals surface area contributed by atoms with Crippen LogP contribution in [-0.4, -0.2) is 80.0 Å². The standard InChI is InChI=1S/C15H22Cl2N4O.C9H19N3O2/c1-10(5-4-8-19-15(18)21(2)3)14(22)20-11-6-7-12(16)13(17)9-11;1-7(8(13)14)5-4-6-11-9(10)12(2)3/h6-7,9-10H,4-5,8H2,1-3H3,(H2,18,19)(H,20,22);7H,4-6H2,1-3H3,(H2,10,11)(H,13,14)/t10-;7-/m00/s1. The molecular weight excluding hydrogens is 505 g/mol. The maximum atomic E-state index is 12.1. The third kappa shape index (κ3) is 14.6. The Bertz CT molecular complexity index is 892. The second kappa shape index (κ2) is 17.7. The minimum atomic E-state index is -0.755. The highest BCUT2D eigenvalue weighted by atomic mass is 35.5. The van der Waals surface area contributed by atoms with Crippen LogP contribution in [0.2, 0.25) is 10.0 Å². The molecule has 0 bridgehead atoms. The van der Waals surface area contributed by atoms with Crippen LogP contribution >= 0.6 is 23.2 Å². The lowest BCUT2D eigenvalue weighted by Gasteiger charge is -2.13. The van der Waals surface area contributed by atoms with Crippen molar-refractivity contribution in [1.82, 2.24) is 9.80 Å². The molecule has 0 aliphatic carbocycles. The SMILES string of the molecule is C[C@@H](CCCN=C(N)N(C)C)C(=O)Nc1ccc(Cl)c(Cl)c1.C[C@@H](CCCN=C(N)N(C)C)C(=O)O. The molecule has 1 amide bonds. The monoisotopic (exact) mass is 545 g/mol. The average Bonchev–Trinajstić information content (AvgIpc) is 2.81. The second-order valence-electron chi connectivity index (χ2n) is 8.81. The van der Waals surface area contributed by atoms with Gasteiger partial charge in [0.05, 0.1) is 16.0 Å². The van der Waals surface area contributed by atoms with Crippen LogP contribution in [0.1, 0.15) is 39.5 Å². The van der Waals surface area contributed by atoms with Crippen molar-refractivity contribution in [2.45, 2.75) is 39.5 Å². The van der Waals surface area contributed by atoms with Crippen molar-refractivity contribution in [3.05, 3.63) is 28.2 Å². The lowest BCUT2D eigenvalue weighted by molar-refractivity contribution is -0.141. The Hall–Kier alpha value is -2.72. The van der Waals surface area contributed by atoms with Gasteiger partial charge in [0.1, 0.15) is 0 Å². The molecule has 0 unspecified atom stereocenters. The Labute approximate surface area is 224 Å². The predicted molar refractivity (Wildman–Crippen MR) is 150 cm³/mol. The van der Waals surface area contributed by atoms with E-state index in [4.69, 9.17) is 39.8 Å². The highest BCUT2D eigenvalue weighted by molar-refractivity contribution is 6.42. The van der Waals surface area contributed by atoms with E-state index in [0.29, 0.717) is 47.2 Å². The molecule has 0 aromatic heterocycles. The number of rotatable bonds is 11. The topological polar surface area (TPSA) is 150 Å². The molecule has 0 spiro atoms. The first kappa shape index (κ1) is 33.3. The number of hydrogen-bond donors (Lipinski definition) is 4. The van der Waals surface area contributed by atoms with Gasteiger partial charge in [0.15, 0.2) is 11.9 Å². The first-order valence-corrected chi connectivity index (χ1v) is 12.4. The third-order valence-electron chi connectivity index (χ3n) is 5.11. The van der Waals surface area contributed by atoms with Gasteiger partial charge in [-0.3, -0.25) is 19.6 Å². The summed E-state index contributed by atoms with van der Waals surface area (Å²) in [4.78, 5) is 34.3. The normalized spacial score (nSPS) is 13.2. The van der Waals surface area contributed by atoms with Crippen molar-refractivity contribution in [3.63, 3.8) is 0 Å². The summed E-state index contributed by atoms with van der Waals surface area (Å²) in [5.41, 5.74) is 11.9. The van der Waals surface area contributed by atoms with Crippen LogP contribution in [0.25, 0.3) is 0 Å². The number of guanidine groups is 2. The zero-order chi connectivity index (χ0) is 27.8. The number of halogens is 2. The fourth-order valence-electron chi connectivity index (χ4n) is 2.56. The molecule has 1 aromatic rings.